The van der Waals surface area contributed by atoms with Crippen LogP contribution in [-0.4, -0.2) is 16.7 Å². The van der Waals surface area contributed by atoms with E-state index in [1.807, 2.05) is 30.3 Å². The van der Waals surface area contributed by atoms with Crippen LogP contribution in [0, 0.1) is 0 Å². The molecule has 0 aliphatic rings. The number of anilines is 1. The first-order chi connectivity index (χ1) is 10.4. The monoisotopic (exact) mass is 275 g/mol. The Morgan fingerprint density at radius 1 is 1.10 bits per heavy atom. The maximum atomic E-state index is 5.17. The van der Waals surface area contributed by atoms with E-state index in [2.05, 4.69) is 23.1 Å². The molecule has 0 amide bonds. The summed E-state index contributed by atoms with van der Waals surface area (Å²) in [6.07, 6.45) is 3.42. The van der Waals surface area contributed by atoms with E-state index in [1.165, 1.54) is 0 Å². The van der Waals surface area contributed by atoms with Crippen molar-refractivity contribution in [1.29, 1.82) is 0 Å². The summed E-state index contributed by atoms with van der Waals surface area (Å²) in [4.78, 5) is 4.76. The van der Waals surface area contributed by atoms with Crippen LogP contribution in [0.3, 0.4) is 0 Å². The second kappa shape index (κ2) is 4.59. The molecule has 2 heterocycles. The van der Waals surface area contributed by atoms with E-state index < -0.39 is 0 Å². The maximum Gasteiger partial charge on any atom is 0.146 e. The van der Waals surface area contributed by atoms with Gasteiger partial charge < -0.3 is 9.84 Å². The third kappa shape index (κ3) is 1.76. The fraction of sp³-hybridized carbons (Fsp3) is 0.0588. The van der Waals surface area contributed by atoms with Crippen LogP contribution in [0.15, 0.2) is 59.8 Å². The molecule has 0 radical (unpaired) electrons. The zero-order chi connectivity index (χ0) is 14.2. The minimum atomic E-state index is 0.658. The van der Waals surface area contributed by atoms with Crippen LogP contribution in [0.25, 0.3) is 32.7 Å². The summed E-state index contributed by atoms with van der Waals surface area (Å²) < 4.78 is 5.17. The van der Waals surface area contributed by atoms with Gasteiger partial charge in [0, 0.05) is 17.3 Å². The highest BCUT2D eigenvalue weighted by atomic mass is 16.4. The van der Waals surface area contributed by atoms with Crippen LogP contribution < -0.4 is 5.32 Å². The molecule has 0 bridgehead atoms. The number of nitrogens with one attached hydrogen (secondary N) is 1. The van der Waals surface area contributed by atoms with Gasteiger partial charge in [0.1, 0.15) is 11.8 Å². The summed E-state index contributed by atoms with van der Waals surface area (Å²) in [5.74, 6) is 0. The van der Waals surface area contributed by atoms with Gasteiger partial charge in [0.05, 0.1) is 22.1 Å². The molecule has 0 spiro atoms. The van der Waals surface area contributed by atoms with E-state index in [0.717, 1.165) is 38.4 Å². The summed E-state index contributed by atoms with van der Waals surface area (Å²) >= 11 is 0. The van der Waals surface area contributed by atoms with Crippen molar-refractivity contribution < 1.29 is 4.52 Å². The van der Waals surface area contributed by atoms with Crippen LogP contribution >= 0.6 is 0 Å². The standard InChI is InChI=1S/C17H13N3O/c1-2-9-18-15-10-21-20-14-8-7-12-11-5-3-4-6-13(11)19-17(12)16(14)15/h2-8,10,18H,1,9H2. The molecule has 4 nitrogen and oxygen atoms in total. The largest absolute Gasteiger partial charge is 0.378 e. The highest BCUT2D eigenvalue weighted by Gasteiger charge is 2.12. The van der Waals surface area contributed by atoms with Crippen molar-refractivity contribution in [3.63, 3.8) is 0 Å². The molecule has 0 aliphatic heterocycles. The summed E-state index contributed by atoms with van der Waals surface area (Å²) in [6.45, 7) is 4.39. The number of fused-ring (bicyclic) bond motifs is 5. The molecule has 0 fully saturated rings. The van der Waals surface area contributed by atoms with E-state index >= 15 is 0 Å². The molecular formula is C17H13N3O. The first-order valence-corrected chi connectivity index (χ1v) is 6.79. The first-order valence-electron chi connectivity index (χ1n) is 6.79. The Hall–Kier alpha value is -2.88. The van der Waals surface area contributed by atoms with Crippen LogP contribution in [0.4, 0.5) is 5.69 Å². The van der Waals surface area contributed by atoms with Crippen molar-refractivity contribution in [3.8, 4) is 0 Å². The summed E-state index contributed by atoms with van der Waals surface area (Å²) in [7, 11) is 0. The first kappa shape index (κ1) is 11.9. The molecule has 102 valence electrons. The van der Waals surface area contributed by atoms with Gasteiger partial charge in [-0.25, -0.2) is 4.98 Å². The predicted molar refractivity (Wildman–Crippen MR) is 85.5 cm³/mol. The lowest BCUT2D eigenvalue weighted by Gasteiger charge is -2.06. The third-order valence-electron chi connectivity index (χ3n) is 3.61. The van der Waals surface area contributed by atoms with Gasteiger partial charge in [-0.1, -0.05) is 29.4 Å². The number of benzene rings is 2. The van der Waals surface area contributed by atoms with Gasteiger partial charge in [0.2, 0.25) is 0 Å². The molecule has 0 atom stereocenters. The second-order valence-corrected chi connectivity index (χ2v) is 4.88. The summed E-state index contributed by atoms with van der Waals surface area (Å²) in [5, 5.41) is 10.6. The van der Waals surface area contributed by atoms with Gasteiger partial charge in [-0.3, -0.25) is 0 Å². The minimum absolute atomic E-state index is 0.658. The Morgan fingerprint density at radius 3 is 2.90 bits per heavy atom. The van der Waals surface area contributed by atoms with E-state index in [-0.39, 0.29) is 0 Å². The van der Waals surface area contributed by atoms with E-state index in [1.54, 1.807) is 12.3 Å². The van der Waals surface area contributed by atoms with Gasteiger partial charge in [-0.15, -0.1) is 6.58 Å². The molecule has 1 N–H and O–H groups in total. The zero-order valence-electron chi connectivity index (χ0n) is 11.3. The summed E-state index contributed by atoms with van der Waals surface area (Å²) in [6, 6.07) is 12.2. The Kier molecular flexibility index (Phi) is 2.60. The number of para-hydroxylation sites is 1. The molecule has 2 aromatic heterocycles. The molecule has 2 aromatic carbocycles. The smallest absolute Gasteiger partial charge is 0.146 e. The number of nitrogens with zero attached hydrogens (tertiary/aromatic N) is 2. The van der Waals surface area contributed by atoms with Gasteiger partial charge in [0.25, 0.3) is 0 Å². The van der Waals surface area contributed by atoms with Gasteiger partial charge >= 0.3 is 0 Å². The summed E-state index contributed by atoms with van der Waals surface area (Å²) in [5.41, 5.74) is 3.62. The van der Waals surface area contributed by atoms with E-state index in [9.17, 15) is 0 Å². The molecule has 21 heavy (non-hydrogen) atoms. The molecule has 4 aromatic rings. The quantitative estimate of drug-likeness (QED) is 0.571. The lowest BCUT2D eigenvalue weighted by molar-refractivity contribution is 0.414. The number of rotatable bonds is 3. The average molecular weight is 275 g/mol. The molecule has 0 unspecified atom stereocenters. The van der Waals surface area contributed by atoms with Crippen molar-refractivity contribution in [3.05, 3.63) is 55.3 Å². The predicted octanol–water partition coefficient (Wildman–Crippen LogP) is 4.13. The second-order valence-electron chi connectivity index (χ2n) is 4.88. The van der Waals surface area contributed by atoms with Crippen molar-refractivity contribution >= 4 is 38.4 Å². The van der Waals surface area contributed by atoms with Crippen LogP contribution in [-0.2, 0) is 0 Å². The van der Waals surface area contributed by atoms with Crippen LogP contribution in [0.2, 0.25) is 0 Å². The molecule has 0 aliphatic carbocycles. The zero-order valence-corrected chi connectivity index (χ0v) is 11.3. The van der Waals surface area contributed by atoms with Gasteiger partial charge in [0.15, 0.2) is 0 Å². The van der Waals surface area contributed by atoms with E-state index in [0.29, 0.717) is 6.54 Å². The Balaban J connectivity index is 2.13. The molecule has 4 rings (SSSR count). The van der Waals surface area contributed by atoms with Gasteiger partial charge in [-0.05, 0) is 18.2 Å². The molecule has 0 saturated carbocycles. The average Bonchev–Trinajstić information content (AvgIpc) is 2.91. The van der Waals surface area contributed by atoms with Crippen molar-refractivity contribution in [2.24, 2.45) is 0 Å². The Bertz CT molecular complexity index is 972. The van der Waals surface area contributed by atoms with Gasteiger partial charge in [-0.2, -0.15) is 0 Å². The van der Waals surface area contributed by atoms with Crippen LogP contribution in [0.5, 0.6) is 0 Å². The number of hydrogen-bond donors (Lipinski definition) is 1. The molecule has 0 saturated heterocycles. The highest BCUT2D eigenvalue weighted by molar-refractivity contribution is 6.19. The fourth-order valence-corrected chi connectivity index (χ4v) is 2.68. The minimum Gasteiger partial charge on any atom is -0.378 e. The highest BCUT2D eigenvalue weighted by Crippen LogP contribution is 2.33. The maximum absolute atomic E-state index is 5.17. The normalized spacial score (nSPS) is 11.2. The van der Waals surface area contributed by atoms with E-state index in [4.69, 9.17) is 9.51 Å². The van der Waals surface area contributed by atoms with Crippen molar-refractivity contribution in [2.45, 2.75) is 0 Å². The fourth-order valence-electron chi connectivity index (χ4n) is 2.68. The Morgan fingerprint density at radius 2 is 2.00 bits per heavy atom. The lowest BCUT2D eigenvalue weighted by Crippen LogP contribution is -1.99. The molecule has 4 heteroatoms. The SMILES string of the molecule is C=CCNc1conc2ccc3c4ccccc4nc3c12. The number of aromatic nitrogens is 2. The van der Waals surface area contributed by atoms with Crippen molar-refractivity contribution in [1.82, 2.24) is 10.1 Å². The lowest BCUT2D eigenvalue weighted by atomic mass is 10.1. The molecular weight excluding hydrogens is 262 g/mol. The van der Waals surface area contributed by atoms with Crippen molar-refractivity contribution in [2.75, 3.05) is 11.9 Å². The topological polar surface area (TPSA) is 51.0 Å². The Labute approximate surface area is 121 Å². The van der Waals surface area contributed by atoms with Crippen LogP contribution in [0.1, 0.15) is 0 Å². The number of hydrogen-bond acceptors (Lipinski definition) is 4. The third-order valence-corrected chi connectivity index (χ3v) is 3.61.